The van der Waals surface area contributed by atoms with Crippen molar-refractivity contribution in [2.45, 2.75) is 26.1 Å². The third kappa shape index (κ3) is 4.08. The Bertz CT molecular complexity index is 338. The normalized spacial score (nSPS) is 12.4. The molecule has 0 aliphatic carbocycles. The third-order valence-corrected chi connectivity index (χ3v) is 1.94. The molecule has 0 spiro atoms. The van der Waals surface area contributed by atoms with Crippen molar-refractivity contribution in [3.05, 3.63) is 35.6 Å². The fraction of sp³-hybridized carbons (Fsp3) is 0.364. The number of halogens is 1. The van der Waals surface area contributed by atoms with Gasteiger partial charge in [-0.05, 0) is 13.0 Å². The first-order valence-electron chi connectivity index (χ1n) is 4.66. The van der Waals surface area contributed by atoms with Crippen LogP contribution < -0.4 is 0 Å². The van der Waals surface area contributed by atoms with E-state index in [1.54, 1.807) is 25.1 Å². The molecule has 82 valence electrons. The number of carbonyl (C=O) groups is 1. The summed E-state index contributed by atoms with van der Waals surface area (Å²) in [6.07, 6.45) is -0.490. The van der Waals surface area contributed by atoms with Crippen molar-refractivity contribution in [1.29, 1.82) is 0 Å². The Morgan fingerprint density at radius 3 is 2.80 bits per heavy atom. The molecule has 0 aliphatic heterocycles. The minimum Gasteiger partial charge on any atom is -0.481 e. The molecular weight excluding hydrogens is 199 g/mol. The van der Waals surface area contributed by atoms with Gasteiger partial charge in [0.1, 0.15) is 5.82 Å². The number of hydrogen-bond donors (Lipinski definition) is 1. The summed E-state index contributed by atoms with van der Waals surface area (Å²) in [6.45, 7) is 1.75. The molecule has 1 rings (SSSR count). The monoisotopic (exact) mass is 212 g/mol. The molecule has 0 saturated carbocycles. The number of carboxylic acid groups (broad SMARTS) is 1. The molecule has 0 aromatic heterocycles. The Morgan fingerprint density at radius 2 is 2.20 bits per heavy atom. The molecule has 4 heteroatoms. The lowest BCUT2D eigenvalue weighted by molar-refractivity contribution is -0.140. The van der Waals surface area contributed by atoms with Crippen molar-refractivity contribution in [3.8, 4) is 0 Å². The second kappa shape index (κ2) is 5.46. The highest BCUT2D eigenvalue weighted by molar-refractivity contribution is 5.67. The lowest BCUT2D eigenvalue weighted by Gasteiger charge is -2.10. The summed E-state index contributed by atoms with van der Waals surface area (Å²) in [5.41, 5.74) is 0.440. The molecule has 0 amide bonds. The predicted octanol–water partition coefficient (Wildman–Crippen LogP) is 2.21. The fourth-order valence-corrected chi connectivity index (χ4v) is 1.15. The molecule has 1 aromatic carbocycles. The van der Waals surface area contributed by atoms with Gasteiger partial charge in [0, 0.05) is 5.56 Å². The standard InChI is InChI=1S/C11H13FO3/c1-8(6-11(13)14)15-7-9-4-2-3-5-10(9)12/h2-5,8H,6-7H2,1H3,(H,13,14)/t8-/m1/s1. The average Bonchev–Trinajstić information content (AvgIpc) is 2.15. The molecule has 0 aliphatic rings. The summed E-state index contributed by atoms with van der Waals surface area (Å²) in [7, 11) is 0. The molecule has 0 saturated heterocycles. The van der Waals surface area contributed by atoms with Crippen LogP contribution in [0.2, 0.25) is 0 Å². The van der Waals surface area contributed by atoms with Gasteiger partial charge >= 0.3 is 5.97 Å². The maximum absolute atomic E-state index is 13.1. The topological polar surface area (TPSA) is 46.5 Å². The molecule has 0 radical (unpaired) electrons. The summed E-state index contributed by atoms with van der Waals surface area (Å²) in [5.74, 6) is -1.25. The van der Waals surface area contributed by atoms with Gasteiger partial charge in [-0.25, -0.2) is 4.39 Å². The molecular formula is C11H13FO3. The van der Waals surface area contributed by atoms with Crippen LogP contribution in [0.5, 0.6) is 0 Å². The van der Waals surface area contributed by atoms with Crippen LogP contribution in [-0.4, -0.2) is 17.2 Å². The Balaban J connectivity index is 2.43. The number of aliphatic carboxylic acids is 1. The van der Waals surface area contributed by atoms with Crippen LogP contribution >= 0.6 is 0 Å². The van der Waals surface area contributed by atoms with Crippen molar-refractivity contribution in [3.63, 3.8) is 0 Å². The van der Waals surface area contributed by atoms with E-state index in [1.807, 2.05) is 0 Å². The van der Waals surface area contributed by atoms with Gasteiger partial charge in [0.2, 0.25) is 0 Å². The van der Waals surface area contributed by atoms with E-state index in [0.717, 1.165) is 0 Å². The third-order valence-electron chi connectivity index (χ3n) is 1.94. The van der Waals surface area contributed by atoms with Gasteiger partial charge in [-0.2, -0.15) is 0 Å². The van der Waals surface area contributed by atoms with Crippen LogP contribution in [0.15, 0.2) is 24.3 Å². The minimum atomic E-state index is -0.920. The molecule has 3 nitrogen and oxygen atoms in total. The molecule has 0 heterocycles. The average molecular weight is 212 g/mol. The Labute approximate surface area is 87.5 Å². The lowest BCUT2D eigenvalue weighted by Crippen LogP contribution is -2.13. The molecule has 15 heavy (non-hydrogen) atoms. The summed E-state index contributed by atoms with van der Waals surface area (Å²) in [4.78, 5) is 10.3. The summed E-state index contributed by atoms with van der Waals surface area (Å²) < 4.78 is 18.3. The van der Waals surface area contributed by atoms with Crippen LogP contribution in [-0.2, 0) is 16.1 Å². The van der Waals surface area contributed by atoms with Crippen LogP contribution in [0, 0.1) is 5.82 Å². The van der Waals surface area contributed by atoms with Crippen molar-refractivity contribution in [2.75, 3.05) is 0 Å². The summed E-state index contributed by atoms with van der Waals surface area (Å²) in [5, 5.41) is 8.48. The highest BCUT2D eigenvalue weighted by atomic mass is 19.1. The van der Waals surface area contributed by atoms with Gasteiger partial charge < -0.3 is 9.84 Å². The Morgan fingerprint density at radius 1 is 1.53 bits per heavy atom. The number of rotatable bonds is 5. The SMILES string of the molecule is C[C@H](CC(=O)O)OCc1ccccc1F. The van der Waals surface area contributed by atoms with E-state index in [0.29, 0.717) is 5.56 Å². The Kier molecular flexibility index (Phi) is 4.24. The smallest absolute Gasteiger partial charge is 0.305 e. The van der Waals surface area contributed by atoms with Crippen LogP contribution in [0.3, 0.4) is 0 Å². The first-order chi connectivity index (χ1) is 7.09. The summed E-state index contributed by atoms with van der Waals surface area (Å²) >= 11 is 0. The molecule has 1 N–H and O–H groups in total. The predicted molar refractivity (Wildman–Crippen MR) is 52.9 cm³/mol. The van der Waals surface area contributed by atoms with Gasteiger partial charge in [0.25, 0.3) is 0 Å². The van der Waals surface area contributed by atoms with E-state index in [-0.39, 0.29) is 18.8 Å². The van der Waals surface area contributed by atoms with Crippen molar-refractivity contribution in [2.24, 2.45) is 0 Å². The van der Waals surface area contributed by atoms with Gasteiger partial charge in [-0.3, -0.25) is 4.79 Å². The number of carboxylic acids is 1. The Hall–Kier alpha value is -1.42. The van der Waals surface area contributed by atoms with Crippen molar-refractivity contribution < 1.29 is 19.0 Å². The molecule has 0 bridgehead atoms. The van der Waals surface area contributed by atoms with E-state index in [4.69, 9.17) is 9.84 Å². The van der Waals surface area contributed by atoms with E-state index >= 15 is 0 Å². The number of ether oxygens (including phenoxy) is 1. The first kappa shape index (κ1) is 11.7. The van der Waals surface area contributed by atoms with Crippen molar-refractivity contribution >= 4 is 5.97 Å². The van der Waals surface area contributed by atoms with E-state index in [9.17, 15) is 9.18 Å². The zero-order valence-corrected chi connectivity index (χ0v) is 8.44. The number of benzene rings is 1. The van der Waals surface area contributed by atoms with Gasteiger partial charge in [0.05, 0.1) is 19.1 Å². The van der Waals surface area contributed by atoms with Crippen molar-refractivity contribution in [1.82, 2.24) is 0 Å². The zero-order chi connectivity index (χ0) is 11.3. The highest BCUT2D eigenvalue weighted by Crippen LogP contribution is 2.09. The van der Waals surface area contributed by atoms with Crippen LogP contribution in [0.1, 0.15) is 18.9 Å². The minimum absolute atomic E-state index is 0.0749. The van der Waals surface area contributed by atoms with Gasteiger partial charge in [0.15, 0.2) is 0 Å². The highest BCUT2D eigenvalue weighted by Gasteiger charge is 2.09. The maximum atomic E-state index is 13.1. The van der Waals surface area contributed by atoms with Gasteiger partial charge in [-0.15, -0.1) is 0 Å². The van der Waals surface area contributed by atoms with E-state index < -0.39 is 12.1 Å². The maximum Gasteiger partial charge on any atom is 0.305 e. The van der Waals surface area contributed by atoms with Gasteiger partial charge in [-0.1, -0.05) is 18.2 Å². The molecule has 1 aromatic rings. The van der Waals surface area contributed by atoms with E-state index in [2.05, 4.69) is 0 Å². The summed E-state index contributed by atoms with van der Waals surface area (Å²) in [6, 6.07) is 6.27. The fourth-order valence-electron chi connectivity index (χ4n) is 1.15. The van der Waals surface area contributed by atoms with Crippen LogP contribution in [0.4, 0.5) is 4.39 Å². The largest absolute Gasteiger partial charge is 0.481 e. The second-order valence-corrected chi connectivity index (χ2v) is 3.31. The quantitative estimate of drug-likeness (QED) is 0.813. The zero-order valence-electron chi connectivity index (χ0n) is 8.44. The lowest BCUT2D eigenvalue weighted by atomic mass is 10.2. The molecule has 0 unspecified atom stereocenters. The second-order valence-electron chi connectivity index (χ2n) is 3.31. The molecule has 1 atom stereocenters. The van der Waals surface area contributed by atoms with E-state index in [1.165, 1.54) is 6.07 Å². The molecule has 0 fully saturated rings. The van der Waals surface area contributed by atoms with Crippen LogP contribution in [0.25, 0.3) is 0 Å². The number of hydrogen-bond acceptors (Lipinski definition) is 2. The first-order valence-corrected chi connectivity index (χ1v) is 4.66.